The van der Waals surface area contributed by atoms with Gasteiger partial charge in [-0.2, -0.15) is 0 Å². The van der Waals surface area contributed by atoms with Gasteiger partial charge in [0.15, 0.2) is 0 Å². The fraction of sp³-hybridized carbons (Fsp3) is 0.615. The van der Waals surface area contributed by atoms with Gasteiger partial charge in [-0.15, -0.1) is 0 Å². The zero-order chi connectivity index (χ0) is 15.3. The first kappa shape index (κ1) is 17.3. The summed E-state index contributed by atoms with van der Waals surface area (Å²) in [6.07, 6.45) is -0.746. The number of nitrogens with zero attached hydrogens (tertiary/aromatic N) is 1. The van der Waals surface area contributed by atoms with Gasteiger partial charge in [-0.3, -0.25) is 4.79 Å². The lowest BCUT2D eigenvalue weighted by atomic mass is 10.2. The molecule has 0 radical (unpaired) electrons. The molecule has 0 aromatic carbocycles. The lowest BCUT2D eigenvalue weighted by molar-refractivity contribution is 0.0258. The summed E-state index contributed by atoms with van der Waals surface area (Å²) in [5.41, 5.74) is 0.343. The second-order valence-corrected chi connectivity index (χ2v) is 5.79. The highest BCUT2D eigenvalue weighted by molar-refractivity contribution is 6.41. The highest BCUT2D eigenvalue weighted by Gasteiger charge is 2.16. The molecule has 0 aliphatic heterocycles. The molecule has 0 saturated heterocycles. The molecule has 2 N–H and O–H groups in total. The molecule has 1 atom stereocenters. The minimum absolute atomic E-state index is 0.108. The fourth-order valence-corrected chi connectivity index (χ4v) is 1.94. The van der Waals surface area contributed by atoms with Gasteiger partial charge >= 0.3 is 0 Å². The van der Waals surface area contributed by atoms with Crippen LogP contribution in [0.5, 0.6) is 0 Å². The fourth-order valence-electron chi connectivity index (χ4n) is 1.56. The van der Waals surface area contributed by atoms with Crippen molar-refractivity contribution in [1.82, 2.24) is 9.88 Å². The maximum atomic E-state index is 11.9. The predicted molar refractivity (Wildman–Crippen MR) is 79.4 cm³/mol. The zero-order valence-corrected chi connectivity index (χ0v) is 13.3. The van der Waals surface area contributed by atoms with Gasteiger partial charge in [0, 0.05) is 20.2 Å². The van der Waals surface area contributed by atoms with Gasteiger partial charge in [0.25, 0.3) is 5.91 Å². The summed E-state index contributed by atoms with van der Waals surface area (Å²) in [6.45, 7) is 4.92. The molecule has 1 amide bonds. The molecule has 1 heterocycles. The Labute approximate surface area is 128 Å². The second kappa shape index (κ2) is 7.88. The number of aliphatic hydroxyl groups excluding tert-OH is 1. The molecule has 20 heavy (non-hydrogen) atoms. The molecule has 0 bridgehead atoms. The van der Waals surface area contributed by atoms with Crippen molar-refractivity contribution in [2.45, 2.75) is 20.0 Å². The Morgan fingerprint density at radius 1 is 1.45 bits per heavy atom. The molecular formula is C13H20Cl2N2O3. The maximum Gasteiger partial charge on any atom is 0.268 e. The predicted octanol–water partition coefficient (Wildman–Crippen LogP) is 2.10. The molecule has 1 rings (SSSR count). The van der Waals surface area contributed by atoms with E-state index in [0.29, 0.717) is 28.4 Å². The number of aliphatic hydroxyl groups is 1. The third-order valence-corrected chi connectivity index (χ3v) is 3.45. The standard InChI is InChI=1S/C13H20Cl2N2O3/c1-8(2)6-20-7-9(18)5-16-13(19)11-4-10(14)12(15)17(11)3/h4,8-9,18H,5-7H2,1-3H3,(H,16,19). The van der Waals surface area contributed by atoms with Gasteiger partial charge in [0.05, 0.1) is 17.7 Å². The maximum absolute atomic E-state index is 11.9. The van der Waals surface area contributed by atoms with Gasteiger partial charge in [0.2, 0.25) is 0 Å². The van der Waals surface area contributed by atoms with Gasteiger partial charge in [-0.05, 0) is 12.0 Å². The average molecular weight is 323 g/mol. The van der Waals surface area contributed by atoms with Crippen LogP contribution in [0.3, 0.4) is 0 Å². The molecule has 0 fully saturated rings. The Bertz CT molecular complexity index is 461. The molecule has 7 heteroatoms. The second-order valence-electron chi connectivity index (χ2n) is 5.02. The summed E-state index contributed by atoms with van der Waals surface area (Å²) in [6, 6.07) is 1.49. The minimum atomic E-state index is -0.746. The largest absolute Gasteiger partial charge is 0.389 e. The van der Waals surface area contributed by atoms with Crippen LogP contribution in [-0.4, -0.2) is 41.4 Å². The molecule has 114 valence electrons. The summed E-state index contributed by atoms with van der Waals surface area (Å²) in [5.74, 6) is 0.0636. The SMILES string of the molecule is CC(C)COCC(O)CNC(=O)c1cc(Cl)c(Cl)n1C. The Kier molecular flexibility index (Phi) is 6.82. The van der Waals surface area contributed by atoms with E-state index in [-0.39, 0.29) is 19.1 Å². The van der Waals surface area contributed by atoms with Crippen LogP contribution in [0.2, 0.25) is 10.2 Å². The lowest BCUT2D eigenvalue weighted by Gasteiger charge is -2.13. The molecule has 0 aliphatic rings. The van der Waals surface area contributed by atoms with E-state index >= 15 is 0 Å². The Morgan fingerprint density at radius 2 is 2.10 bits per heavy atom. The van der Waals surface area contributed by atoms with E-state index in [1.807, 2.05) is 13.8 Å². The third-order valence-electron chi connectivity index (χ3n) is 2.61. The van der Waals surface area contributed by atoms with Crippen LogP contribution in [0.4, 0.5) is 0 Å². The van der Waals surface area contributed by atoms with Crippen molar-refractivity contribution < 1.29 is 14.6 Å². The van der Waals surface area contributed by atoms with Gasteiger partial charge in [0.1, 0.15) is 10.8 Å². The van der Waals surface area contributed by atoms with Crippen molar-refractivity contribution in [2.75, 3.05) is 19.8 Å². The number of hydrogen-bond donors (Lipinski definition) is 2. The third kappa shape index (κ3) is 4.98. The van der Waals surface area contributed by atoms with Crippen LogP contribution < -0.4 is 5.32 Å². The Morgan fingerprint density at radius 3 is 2.60 bits per heavy atom. The van der Waals surface area contributed by atoms with E-state index in [9.17, 15) is 9.90 Å². The number of rotatable bonds is 7. The number of amides is 1. The van der Waals surface area contributed by atoms with Gasteiger partial charge in [-0.25, -0.2) is 0 Å². The van der Waals surface area contributed by atoms with Crippen LogP contribution in [-0.2, 0) is 11.8 Å². The summed E-state index contributed by atoms with van der Waals surface area (Å²) >= 11 is 11.7. The van der Waals surface area contributed by atoms with E-state index in [0.717, 1.165) is 0 Å². The average Bonchev–Trinajstić information content (AvgIpc) is 2.63. The quantitative estimate of drug-likeness (QED) is 0.808. The van der Waals surface area contributed by atoms with Crippen LogP contribution in [0.15, 0.2) is 6.07 Å². The summed E-state index contributed by atoms with van der Waals surface area (Å²) in [7, 11) is 1.64. The zero-order valence-electron chi connectivity index (χ0n) is 11.8. The van der Waals surface area contributed by atoms with E-state index in [1.54, 1.807) is 7.05 Å². The minimum Gasteiger partial charge on any atom is -0.389 e. The topological polar surface area (TPSA) is 63.5 Å². The Balaban J connectivity index is 2.41. The van der Waals surface area contributed by atoms with Crippen molar-refractivity contribution in [2.24, 2.45) is 13.0 Å². The molecule has 0 aliphatic carbocycles. The normalized spacial score (nSPS) is 12.8. The number of halogens is 2. The molecule has 0 saturated carbocycles. The van der Waals surface area contributed by atoms with Crippen LogP contribution in [0.1, 0.15) is 24.3 Å². The summed E-state index contributed by atoms with van der Waals surface area (Å²) in [4.78, 5) is 11.9. The first-order valence-corrected chi connectivity index (χ1v) is 7.13. The molecule has 5 nitrogen and oxygen atoms in total. The smallest absolute Gasteiger partial charge is 0.268 e. The highest BCUT2D eigenvalue weighted by Crippen LogP contribution is 2.24. The van der Waals surface area contributed by atoms with Gasteiger partial charge < -0.3 is 19.7 Å². The number of hydrogen-bond acceptors (Lipinski definition) is 3. The number of carbonyl (C=O) groups is 1. The molecule has 1 aromatic heterocycles. The highest BCUT2D eigenvalue weighted by atomic mass is 35.5. The number of carbonyl (C=O) groups excluding carboxylic acids is 1. The van der Waals surface area contributed by atoms with Crippen LogP contribution in [0.25, 0.3) is 0 Å². The number of ether oxygens (including phenoxy) is 1. The lowest BCUT2D eigenvalue weighted by Crippen LogP contribution is -2.35. The first-order valence-electron chi connectivity index (χ1n) is 6.37. The number of aromatic nitrogens is 1. The summed E-state index contributed by atoms with van der Waals surface area (Å²) < 4.78 is 6.78. The van der Waals surface area contributed by atoms with E-state index in [2.05, 4.69) is 5.32 Å². The molecular weight excluding hydrogens is 303 g/mol. The Hall–Kier alpha value is -0.750. The number of nitrogens with one attached hydrogen (secondary N) is 1. The van der Waals surface area contributed by atoms with Crippen LogP contribution >= 0.6 is 23.2 Å². The molecule has 1 aromatic rings. The molecule has 0 spiro atoms. The van der Waals surface area contributed by atoms with Crippen molar-refractivity contribution in [1.29, 1.82) is 0 Å². The molecule has 1 unspecified atom stereocenters. The monoisotopic (exact) mass is 322 g/mol. The van der Waals surface area contributed by atoms with Crippen molar-refractivity contribution >= 4 is 29.1 Å². The van der Waals surface area contributed by atoms with E-state index < -0.39 is 6.10 Å². The first-order chi connectivity index (χ1) is 9.32. The van der Waals surface area contributed by atoms with Crippen molar-refractivity contribution in [3.05, 3.63) is 21.9 Å². The van der Waals surface area contributed by atoms with Crippen LogP contribution in [0, 0.1) is 5.92 Å². The van der Waals surface area contributed by atoms with E-state index in [1.165, 1.54) is 10.6 Å². The van der Waals surface area contributed by atoms with Crippen molar-refractivity contribution in [3.63, 3.8) is 0 Å². The summed E-state index contributed by atoms with van der Waals surface area (Å²) in [5, 5.41) is 12.9. The van der Waals surface area contributed by atoms with E-state index in [4.69, 9.17) is 27.9 Å². The van der Waals surface area contributed by atoms with Crippen molar-refractivity contribution in [3.8, 4) is 0 Å². The van der Waals surface area contributed by atoms with Gasteiger partial charge in [-0.1, -0.05) is 37.0 Å².